The lowest BCUT2D eigenvalue weighted by molar-refractivity contribution is -0.117. The van der Waals surface area contributed by atoms with Crippen LogP contribution in [0.5, 0.6) is 0 Å². The standard InChI is InChI=1S/C23H27ClN2O3/c1-17(27)20-4-8-22(9-5-20)25-23(28)14-26-12-10-19(11-13-26)16-29-15-18-2-6-21(24)7-3-18/h2-9,19H,10-16H2,1H3,(H,25,28). The fourth-order valence-corrected chi connectivity index (χ4v) is 3.55. The van der Waals surface area contributed by atoms with Crippen LogP contribution in [0.4, 0.5) is 5.69 Å². The number of hydrogen-bond donors (Lipinski definition) is 1. The number of nitrogens with one attached hydrogen (secondary N) is 1. The quantitative estimate of drug-likeness (QED) is 0.650. The second kappa shape index (κ2) is 10.5. The highest BCUT2D eigenvalue weighted by Gasteiger charge is 2.21. The Kier molecular flexibility index (Phi) is 7.81. The average Bonchev–Trinajstić information content (AvgIpc) is 2.71. The number of amides is 1. The smallest absolute Gasteiger partial charge is 0.238 e. The van der Waals surface area contributed by atoms with E-state index < -0.39 is 0 Å². The maximum atomic E-state index is 12.3. The van der Waals surface area contributed by atoms with Crippen molar-refractivity contribution >= 4 is 29.0 Å². The molecular formula is C23H27ClN2O3. The summed E-state index contributed by atoms with van der Waals surface area (Å²) in [5.41, 5.74) is 2.48. The van der Waals surface area contributed by atoms with Crippen LogP contribution in [0.25, 0.3) is 0 Å². The van der Waals surface area contributed by atoms with Gasteiger partial charge in [0.1, 0.15) is 0 Å². The maximum absolute atomic E-state index is 12.3. The number of carbonyl (C=O) groups excluding carboxylic acids is 2. The van der Waals surface area contributed by atoms with Gasteiger partial charge in [0.2, 0.25) is 5.91 Å². The highest BCUT2D eigenvalue weighted by Crippen LogP contribution is 2.19. The number of carbonyl (C=O) groups is 2. The van der Waals surface area contributed by atoms with Crippen molar-refractivity contribution in [2.75, 3.05) is 31.6 Å². The summed E-state index contributed by atoms with van der Waals surface area (Å²) in [6.45, 7) is 5.04. The van der Waals surface area contributed by atoms with Gasteiger partial charge >= 0.3 is 0 Å². The first kappa shape index (κ1) is 21.5. The van der Waals surface area contributed by atoms with Gasteiger partial charge in [0.05, 0.1) is 13.2 Å². The van der Waals surface area contributed by atoms with Gasteiger partial charge in [0.25, 0.3) is 0 Å². The number of rotatable bonds is 8. The molecule has 1 aliphatic heterocycles. The van der Waals surface area contributed by atoms with Gasteiger partial charge in [-0.15, -0.1) is 0 Å². The number of Topliss-reactive ketones (excluding diaryl/α,β-unsaturated/α-hetero) is 1. The van der Waals surface area contributed by atoms with Gasteiger partial charge in [-0.25, -0.2) is 0 Å². The van der Waals surface area contributed by atoms with Crippen LogP contribution < -0.4 is 5.32 Å². The van der Waals surface area contributed by atoms with Crippen LogP contribution in [0.15, 0.2) is 48.5 Å². The van der Waals surface area contributed by atoms with Crippen molar-refractivity contribution in [3.63, 3.8) is 0 Å². The van der Waals surface area contributed by atoms with Gasteiger partial charge in [-0.05, 0) is 80.7 Å². The Morgan fingerprint density at radius 2 is 1.72 bits per heavy atom. The van der Waals surface area contributed by atoms with E-state index in [0.29, 0.717) is 30.3 Å². The molecule has 0 unspecified atom stereocenters. The predicted molar refractivity (Wildman–Crippen MR) is 115 cm³/mol. The Hall–Kier alpha value is -2.21. The summed E-state index contributed by atoms with van der Waals surface area (Å²) >= 11 is 5.89. The molecule has 154 valence electrons. The summed E-state index contributed by atoms with van der Waals surface area (Å²) in [6.07, 6.45) is 2.06. The highest BCUT2D eigenvalue weighted by atomic mass is 35.5. The number of anilines is 1. The third kappa shape index (κ3) is 6.96. The summed E-state index contributed by atoms with van der Waals surface area (Å²) in [4.78, 5) is 25.8. The van der Waals surface area contributed by atoms with Gasteiger partial charge in [0.15, 0.2) is 5.78 Å². The molecule has 0 spiro atoms. The largest absolute Gasteiger partial charge is 0.376 e. The van der Waals surface area contributed by atoms with E-state index in [9.17, 15) is 9.59 Å². The number of likely N-dealkylation sites (tertiary alicyclic amines) is 1. The van der Waals surface area contributed by atoms with Gasteiger partial charge in [0, 0.05) is 22.9 Å². The van der Waals surface area contributed by atoms with Crippen LogP contribution in [-0.4, -0.2) is 42.8 Å². The molecule has 5 nitrogen and oxygen atoms in total. The maximum Gasteiger partial charge on any atom is 0.238 e. The lowest BCUT2D eigenvalue weighted by atomic mass is 9.98. The normalized spacial score (nSPS) is 15.2. The second-order valence-electron chi connectivity index (χ2n) is 7.54. The molecule has 0 aliphatic carbocycles. The molecule has 0 aromatic heterocycles. The van der Waals surface area contributed by atoms with Gasteiger partial charge < -0.3 is 10.1 Å². The van der Waals surface area contributed by atoms with E-state index in [-0.39, 0.29) is 11.7 Å². The fraction of sp³-hybridized carbons (Fsp3) is 0.391. The Labute approximate surface area is 177 Å². The molecular weight excluding hydrogens is 388 g/mol. The van der Waals surface area contributed by atoms with Crippen molar-refractivity contribution in [2.24, 2.45) is 5.92 Å². The molecule has 1 N–H and O–H groups in total. The van der Waals surface area contributed by atoms with E-state index in [1.807, 2.05) is 24.3 Å². The molecule has 2 aromatic rings. The third-order valence-electron chi connectivity index (χ3n) is 5.19. The van der Waals surface area contributed by atoms with Crippen LogP contribution >= 0.6 is 11.6 Å². The lowest BCUT2D eigenvalue weighted by Crippen LogP contribution is -2.40. The van der Waals surface area contributed by atoms with E-state index in [0.717, 1.165) is 43.1 Å². The number of ketones is 1. The topological polar surface area (TPSA) is 58.6 Å². The first-order valence-corrected chi connectivity index (χ1v) is 10.3. The molecule has 2 aromatic carbocycles. The van der Waals surface area contributed by atoms with Gasteiger partial charge in [-0.3, -0.25) is 14.5 Å². The molecule has 1 aliphatic rings. The van der Waals surface area contributed by atoms with Crippen molar-refractivity contribution in [2.45, 2.75) is 26.4 Å². The van der Waals surface area contributed by atoms with Crippen molar-refractivity contribution in [3.8, 4) is 0 Å². The predicted octanol–water partition coefficient (Wildman–Crippen LogP) is 4.41. The number of ether oxygens (including phenoxy) is 1. The molecule has 1 saturated heterocycles. The van der Waals surface area contributed by atoms with Crippen LogP contribution in [0.1, 0.15) is 35.7 Å². The zero-order valence-electron chi connectivity index (χ0n) is 16.7. The minimum atomic E-state index is -0.0296. The SMILES string of the molecule is CC(=O)c1ccc(NC(=O)CN2CCC(COCc3ccc(Cl)cc3)CC2)cc1. The van der Waals surface area contributed by atoms with Crippen molar-refractivity contribution in [1.29, 1.82) is 0 Å². The van der Waals surface area contributed by atoms with E-state index in [4.69, 9.17) is 16.3 Å². The molecule has 3 rings (SSSR count). The van der Waals surface area contributed by atoms with E-state index >= 15 is 0 Å². The first-order chi connectivity index (χ1) is 14.0. The zero-order valence-corrected chi connectivity index (χ0v) is 17.5. The minimum Gasteiger partial charge on any atom is -0.376 e. The minimum absolute atomic E-state index is 0.0166. The summed E-state index contributed by atoms with van der Waals surface area (Å²) in [5, 5.41) is 3.63. The van der Waals surface area contributed by atoms with Crippen molar-refractivity contribution in [1.82, 2.24) is 4.90 Å². The van der Waals surface area contributed by atoms with E-state index in [1.54, 1.807) is 24.3 Å². The number of hydrogen-bond acceptors (Lipinski definition) is 4. The summed E-state index contributed by atoms with van der Waals surface area (Å²) in [6, 6.07) is 14.7. The number of piperidine rings is 1. The molecule has 0 radical (unpaired) electrons. The summed E-state index contributed by atoms with van der Waals surface area (Å²) < 4.78 is 5.86. The zero-order chi connectivity index (χ0) is 20.6. The fourth-order valence-electron chi connectivity index (χ4n) is 3.43. The van der Waals surface area contributed by atoms with E-state index in [2.05, 4.69) is 10.2 Å². The summed E-state index contributed by atoms with van der Waals surface area (Å²) in [7, 11) is 0. The van der Waals surface area contributed by atoms with Gasteiger partial charge in [-0.1, -0.05) is 23.7 Å². The molecule has 0 atom stereocenters. The van der Waals surface area contributed by atoms with Crippen LogP contribution in [0.3, 0.4) is 0 Å². The lowest BCUT2D eigenvalue weighted by Gasteiger charge is -2.31. The number of nitrogens with zero attached hydrogens (tertiary/aromatic N) is 1. The average molecular weight is 415 g/mol. The number of halogens is 1. The molecule has 6 heteroatoms. The number of benzene rings is 2. The second-order valence-corrected chi connectivity index (χ2v) is 7.98. The monoisotopic (exact) mass is 414 g/mol. The first-order valence-electron chi connectivity index (χ1n) is 9.95. The Balaban J connectivity index is 1.34. The van der Waals surface area contributed by atoms with Crippen LogP contribution in [0, 0.1) is 5.92 Å². The van der Waals surface area contributed by atoms with Crippen molar-refractivity contribution in [3.05, 3.63) is 64.7 Å². The highest BCUT2D eigenvalue weighted by molar-refractivity contribution is 6.30. The molecule has 1 amide bonds. The molecule has 29 heavy (non-hydrogen) atoms. The summed E-state index contributed by atoms with van der Waals surface area (Å²) in [5.74, 6) is 0.515. The molecule has 1 fully saturated rings. The third-order valence-corrected chi connectivity index (χ3v) is 5.44. The van der Waals surface area contributed by atoms with Crippen LogP contribution in [0.2, 0.25) is 5.02 Å². The van der Waals surface area contributed by atoms with E-state index in [1.165, 1.54) is 6.92 Å². The van der Waals surface area contributed by atoms with Crippen molar-refractivity contribution < 1.29 is 14.3 Å². The molecule has 1 heterocycles. The Morgan fingerprint density at radius 3 is 2.34 bits per heavy atom. The van der Waals surface area contributed by atoms with Gasteiger partial charge in [-0.2, -0.15) is 0 Å². The molecule has 0 saturated carbocycles. The molecule has 0 bridgehead atoms. The van der Waals surface area contributed by atoms with Crippen LogP contribution in [-0.2, 0) is 16.1 Å². The Bertz CT molecular complexity index is 813. The Morgan fingerprint density at radius 1 is 1.07 bits per heavy atom.